The fraction of sp³-hybridized carbons (Fsp3) is 0.529. The van der Waals surface area contributed by atoms with Crippen LogP contribution in [0.3, 0.4) is 0 Å². The van der Waals surface area contributed by atoms with E-state index < -0.39 is 0 Å². The monoisotopic (exact) mass is 341 g/mol. The van der Waals surface area contributed by atoms with Crippen LogP contribution in [0.1, 0.15) is 37.4 Å². The van der Waals surface area contributed by atoms with E-state index in [-0.39, 0.29) is 6.10 Å². The Morgan fingerprint density at radius 1 is 1.28 bits per heavy atom. The highest BCUT2D eigenvalue weighted by Crippen LogP contribution is 2.33. The van der Waals surface area contributed by atoms with Crippen LogP contribution in [0.25, 0.3) is 5.65 Å². The van der Waals surface area contributed by atoms with E-state index in [4.69, 9.17) is 4.74 Å². The maximum atomic E-state index is 6.09. The van der Waals surface area contributed by atoms with Crippen LogP contribution in [0.5, 0.6) is 0 Å². The van der Waals surface area contributed by atoms with Gasteiger partial charge in [-0.1, -0.05) is 0 Å². The first-order valence-electron chi connectivity index (χ1n) is 8.82. The van der Waals surface area contributed by atoms with Gasteiger partial charge in [-0.05, 0) is 44.9 Å². The first-order valence-corrected chi connectivity index (χ1v) is 8.82. The Morgan fingerprint density at radius 2 is 2.20 bits per heavy atom. The summed E-state index contributed by atoms with van der Waals surface area (Å²) in [6, 6.07) is 5.93. The smallest absolute Gasteiger partial charge is 0.176 e. The van der Waals surface area contributed by atoms with Crippen molar-refractivity contribution in [1.82, 2.24) is 29.6 Å². The zero-order valence-electron chi connectivity index (χ0n) is 14.6. The summed E-state index contributed by atoms with van der Waals surface area (Å²) in [7, 11) is 0. The van der Waals surface area contributed by atoms with E-state index in [0.29, 0.717) is 5.92 Å². The maximum Gasteiger partial charge on any atom is 0.176 e. The Balaban J connectivity index is 1.49. The largest absolute Gasteiger partial charge is 0.372 e. The molecule has 0 amide bonds. The number of rotatable bonds is 5. The van der Waals surface area contributed by atoms with Gasteiger partial charge in [0.1, 0.15) is 17.7 Å². The molecule has 1 aliphatic rings. The minimum Gasteiger partial charge on any atom is -0.372 e. The molecule has 1 saturated heterocycles. The lowest BCUT2D eigenvalue weighted by Crippen LogP contribution is -2.30. The molecule has 25 heavy (non-hydrogen) atoms. The van der Waals surface area contributed by atoms with Gasteiger partial charge >= 0.3 is 0 Å². The lowest BCUT2D eigenvalue weighted by atomic mass is 9.92. The first-order chi connectivity index (χ1) is 12.2. The summed E-state index contributed by atoms with van der Waals surface area (Å²) < 4.78 is 9.68. The fourth-order valence-corrected chi connectivity index (χ4v) is 3.45. The third kappa shape index (κ3) is 3.21. The van der Waals surface area contributed by atoms with E-state index in [0.717, 1.165) is 55.5 Å². The van der Waals surface area contributed by atoms with Gasteiger partial charge in [0.2, 0.25) is 0 Å². The molecule has 8 nitrogen and oxygen atoms in total. The molecule has 0 unspecified atom stereocenters. The van der Waals surface area contributed by atoms with Crippen molar-refractivity contribution >= 4 is 11.5 Å². The summed E-state index contributed by atoms with van der Waals surface area (Å²) in [4.78, 5) is 4.30. The molecule has 0 bridgehead atoms. The van der Waals surface area contributed by atoms with Crippen molar-refractivity contribution in [2.45, 2.75) is 39.3 Å². The van der Waals surface area contributed by atoms with Crippen LogP contribution in [-0.4, -0.2) is 42.7 Å². The summed E-state index contributed by atoms with van der Waals surface area (Å²) in [6.07, 6.45) is 4.12. The van der Waals surface area contributed by atoms with Crippen LogP contribution in [0.15, 0.2) is 24.4 Å². The summed E-state index contributed by atoms with van der Waals surface area (Å²) in [5.41, 5.74) is 1.91. The third-order valence-corrected chi connectivity index (χ3v) is 4.64. The lowest BCUT2D eigenvalue weighted by Gasteiger charge is -2.32. The molecule has 0 spiro atoms. The highest BCUT2D eigenvalue weighted by Gasteiger charge is 2.29. The summed E-state index contributed by atoms with van der Waals surface area (Å²) in [5, 5.41) is 16.6. The molecule has 8 heteroatoms. The third-order valence-electron chi connectivity index (χ3n) is 4.64. The number of anilines is 1. The standard InChI is InChI=1S/C17H23N7O/c1-3-23-14(8-9-19-23)17-13(5-4-10-25-17)11-18-15-6-7-16-20-12(2)21-24(16)22-15/h6-9,13,17H,3-5,10-11H2,1-2H3,(H,18,22)/t13-,17+/m0/s1. The van der Waals surface area contributed by atoms with Crippen molar-refractivity contribution in [3.63, 3.8) is 0 Å². The Labute approximate surface area is 146 Å². The van der Waals surface area contributed by atoms with Crippen molar-refractivity contribution in [1.29, 1.82) is 0 Å². The topological polar surface area (TPSA) is 82.2 Å². The van der Waals surface area contributed by atoms with Crippen LogP contribution in [0.2, 0.25) is 0 Å². The molecular weight excluding hydrogens is 318 g/mol. The summed E-state index contributed by atoms with van der Waals surface area (Å²) in [5.74, 6) is 1.90. The van der Waals surface area contributed by atoms with Gasteiger partial charge in [-0.2, -0.15) is 5.10 Å². The SMILES string of the molecule is CCn1nccc1[C@@H]1OCCC[C@H]1CNc1ccc2nc(C)nn2n1. The minimum absolute atomic E-state index is 0.0704. The van der Waals surface area contributed by atoms with E-state index in [1.165, 1.54) is 0 Å². The zero-order valence-corrected chi connectivity index (χ0v) is 14.6. The number of nitrogens with one attached hydrogen (secondary N) is 1. The zero-order chi connectivity index (χ0) is 17.2. The van der Waals surface area contributed by atoms with E-state index in [2.05, 4.69) is 38.6 Å². The van der Waals surface area contributed by atoms with Crippen molar-refractivity contribution in [2.24, 2.45) is 5.92 Å². The Kier molecular flexibility index (Phi) is 4.35. The minimum atomic E-state index is 0.0704. The second-order valence-corrected chi connectivity index (χ2v) is 6.37. The number of hydrogen-bond donors (Lipinski definition) is 1. The van der Waals surface area contributed by atoms with Crippen LogP contribution < -0.4 is 5.32 Å². The molecule has 1 fully saturated rings. The van der Waals surface area contributed by atoms with Crippen LogP contribution in [-0.2, 0) is 11.3 Å². The van der Waals surface area contributed by atoms with Crippen molar-refractivity contribution in [3.05, 3.63) is 35.9 Å². The summed E-state index contributed by atoms with van der Waals surface area (Å²) in [6.45, 7) is 6.42. The predicted octanol–water partition coefficient (Wildman–Crippen LogP) is 2.23. The van der Waals surface area contributed by atoms with Gasteiger partial charge in [-0.3, -0.25) is 4.68 Å². The highest BCUT2D eigenvalue weighted by molar-refractivity contribution is 5.43. The molecule has 4 heterocycles. The van der Waals surface area contributed by atoms with Crippen molar-refractivity contribution < 1.29 is 4.74 Å². The number of nitrogens with zero attached hydrogens (tertiary/aromatic N) is 6. The molecule has 0 radical (unpaired) electrons. The molecule has 2 atom stereocenters. The van der Waals surface area contributed by atoms with Gasteiger partial charge in [0.15, 0.2) is 5.65 Å². The van der Waals surface area contributed by atoms with Gasteiger partial charge < -0.3 is 10.1 Å². The number of hydrogen-bond acceptors (Lipinski definition) is 6. The lowest BCUT2D eigenvalue weighted by molar-refractivity contribution is -0.0288. The van der Waals surface area contributed by atoms with Crippen molar-refractivity contribution in [3.8, 4) is 0 Å². The Bertz CT molecular complexity index is 856. The summed E-state index contributed by atoms with van der Waals surface area (Å²) >= 11 is 0. The average Bonchev–Trinajstić information content (AvgIpc) is 3.24. The molecule has 1 aliphatic heterocycles. The number of ether oxygens (including phenoxy) is 1. The number of fused-ring (bicyclic) bond motifs is 1. The number of aryl methyl sites for hydroxylation is 2. The molecule has 0 aliphatic carbocycles. The van der Waals surface area contributed by atoms with Gasteiger partial charge in [-0.15, -0.1) is 14.8 Å². The molecular formula is C17H23N7O. The maximum absolute atomic E-state index is 6.09. The van der Waals surface area contributed by atoms with Crippen LogP contribution >= 0.6 is 0 Å². The quantitative estimate of drug-likeness (QED) is 0.766. The molecule has 3 aromatic rings. The Hall–Kier alpha value is -2.48. The molecule has 132 valence electrons. The van der Waals surface area contributed by atoms with Gasteiger partial charge in [0.25, 0.3) is 0 Å². The van der Waals surface area contributed by atoms with Crippen LogP contribution in [0.4, 0.5) is 5.82 Å². The van der Waals surface area contributed by atoms with Crippen LogP contribution in [0, 0.1) is 12.8 Å². The van der Waals surface area contributed by atoms with E-state index in [9.17, 15) is 0 Å². The molecule has 0 saturated carbocycles. The predicted molar refractivity (Wildman–Crippen MR) is 93.3 cm³/mol. The first kappa shape index (κ1) is 16.0. The van der Waals surface area contributed by atoms with Crippen molar-refractivity contribution in [2.75, 3.05) is 18.5 Å². The van der Waals surface area contributed by atoms with E-state index >= 15 is 0 Å². The second-order valence-electron chi connectivity index (χ2n) is 6.37. The normalized spacial score (nSPS) is 20.9. The average molecular weight is 341 g/mol. The molecule has 1 N–H and O–H groups in total. The van der Waals surface area contributed by atoms with Gasteiger partial charge in [0, 0.05) is 31.8 Å². The van der Waals surface area contributed by atoms with Gasteiger partial charge in [0.05, 0.1) is 5.69 Å². The second kappa shape index (κ2) is 6.79. The molecule has 4 rings (SSSR count). The number of aromatic nitrogens is 6. The van der Waals surface area contributed by atoms with E-state index in [1.54, 1.807) is 4.63 Å². The Morgan fingerprint density at radius 3 is 3.08 bits per heavy atom. The van der Waals surface area contributed by atoms with E-state index in [1.807, 2.05) is 29.9 Å². The molecule has 0 aromatic carbocycles. The highest BCUT2D eigenvalue weighted by atomic mass is 16.5. The molecule has 3 aromatic heterocycles. The fourth-order valence-electron chi connectivity index (χ4n) is 3.45. The van der Waals surface area contributed by atoms with Gasteiger partial charge in [-0.25, -0.2) is 4.98 Å².